The molecule has 1 atom stereocenters. The second-order valence-corrected chi connectivity index (χ2v) is 5.23. The summed E-state index contributed by atoms with van der Waals surface area (Å²) in [7, 11) is 0. The number of nitrogens with two attached hydrogens (primary N) is 1. The fourth-order valence-electron chi connectivity index (χ4n) is 2.20. The normalized spacial score (nSPS) is 16.5. The Kier molecular flexibility index (Phi) is 4.37. The predicted molar refractivity (Wildman–Crippen MR) is 73.2 cm³/mol. The number of hydrogen-bond donors (Lipinski definition) is 2. The van der Waals surface area contributed by atoms with Crippen LogP contribution < -0.4 is 11.1 Å². The van der Waals surface area contributed by atoms with E-state index in [2.05, 4.69) is 12.2 Å². The standard InChI is InChI=1S/C15H22N2O/c1-2-14(9-11-3-4-11)17-10-12-5-7-13(8-6-12)15(16)18/h5-8,11,14,17H,2-4,9-10H2,1H3,(H2,16,18). The zero-order valence-electron chi connectivity index (χ0n) is 11.0. The van der Waals surface area contributed by atoms with Crippen molar-refractivity contribution in [3.05, 3.63) is 35.4 Å². The molecular formula is C15H22N2O. The average Bonchev–Trinajstić information content (AvgIpc) is 3.18. The molecule has 0 aromatic heterocycles. The molecule has 1 unspecified atom stereocenters. The van der Waals surface area contributed by atoms with E-state index in [-0.39, 0.29) is 5.91 Å². The molecule has 0 aliphatic heterocycles. The Morgan fingerprint density at radius 3 is 2.56 bits per heavy atom. The second-order valence-electron chi connectivity index (χ2n) is 5.23. The highest BCUT2D eigenvalue weighted by atomic mass is 16.1. The van der Waals surface area contributed by atoms with Gasteiger partial charge in [0.2, 0.25) is 5.91 Å². The van der Waals surface area contributed by atoms with Crippen LogP contribution in [0.1, 0.15) is 48.5 Å². The van der Waals surface area contributed by atoms with E-state index >= 15 is 0 Å². The largest absolute Gasteiger partial charge is 0.366 e. The highest BCUT2D eigenvalue weighted by molar-refractivity contribution is 5.92. The minimum absolute atomic E-state index is 0.366. The number of rotatable bonds is 7. The zero-order chi connectivity index (χ0) is 13.0. The van der Waals surface area contributed by atoms with E-state index in [0.29, 0.717) is 11.6 Å². The van der Waals surface area contributed by atoms with Crippen molar-refractivity contribution in [2.75, 3.05) is 0 Å². The number of carbonyl (C=O) groups is 1. The summed E-state index contributed by atoms with van der Waals surface area (Å²) in [5.74, 6) is 0.592. The van der Waals surface area contributed by atoms with E-state index in [1.54, 1.807) is 12.1 Å². The average molecular weight is 246 g/mol. The first-order chi connectivity index (χ1) is 8.69. The van der Waals surface area contributed by atoms with Crippen molar-refractivity contribution in [2.24, 2.45) is 11.7 Å². The first-order valence-electron chi connectivity index (χ1n) is 6.81. The molecular weight excluding hydrogens is 224 g/mol. The van der Waals surface area contributed by atoms with Crippen molar-refractivity contribution in [1.29, 1.82) is 0 Å². The maximum atomic E-state index is 11.0. The van der Waals surface area contributed by atoms with Gasteiger partial charge in [-0.05, 0) is 36.5 Å². The van der Waals surface area contributed by atoms with Gasteiger partial charge in [-0.25, -0.2) is 0 Å². The number of hydrogen-bond acceptors (Lipinski definition) is 2. The molecule has 3 nitrogen and oxygen atoms in total. The van der Waals surface area contributed by atoms with E-state index in [0.717, 1.165) is 12.5 Å². The van der Waals surface area contributed by atoms with Crippen molar-refractivity contribution < 1.29 is 4.79 Å². The van der Waals surface area contributed by atoms with Gasteiger partial charge in [-0.1, -0.05) is 31.9 Å². The van der Waals surface area contributed by atoms with Crippen LogP contribution in [0.2, 0.25) is 0 Å². The zero-order valence-corrected chi connectivity index (χ0v) is 11.0. The minimum atomic E-state index is -0.366. The Morgan fingerprint density at radius 2 is 2.06 bits per heavy atom. The van der Waals surface area contributed by atoms with Gasteiger partial charge in [0.15, 0.2) is 0 Å². The molecule has 1 aliphatic carbocycles. The van der Waals surface area contributed by atoms with E-state index in [1.807, 2.05) is 12.1 Å². The summed E-state index contributed by atoms with van der Waals surface area (Å²) in [6.45, 7) is 3.10. The van der Waals surface area contributed by atoms with Crippen LogP contribution in [0.5, 0.6) is 0 Å². The van der Waals surface area contributed by atoms with Gasteiger partial charge in [0.25, 0.3) is 0 Å². The van der Waals surface area contributed by atoms with Gasteiger partial charge in [0, 0.05) is 18.2 Å². The van der Waals surface area contributed by atoms with Gasteiger partial charge in [-0.2, -0.15) is 0 Å². The van der Waals surface area contributed by atoms with Gasteiger partial charge in [-0.15, -0.1) is 0 Å². The molecule has 3 heteroatoms. The van der Waals surface area contributed by atoms with Crippen LogP contribution in [-0.4, -0.2) is 11.9 Å². The summed E-state index contributed by atoms with van der Waals surface area (Å²) < 4.78 is 0. The summed E-state index contributed by atoms with van der Waals surface area (Å²) in [6.07, 6.45) is 5.29. The molecule has 1 saturated carbocycles. The van der Waals surface area contributed by atoms with Crippen molar-refractivity contribution in [3.8, 4) is 0 Å². The quantitative estimate of drug-likeness (QED) is 0.776. The van der Waals surface area contributed by atoms with Crippen molar-refractivity contribution in [2.45, 2.75) is 45.2 Å². The molecule has 1 aromatic rings. The van der Waals surface area contributed by atoms with Crippen LogP contribution in [0.4, 0.5) is 0 Å². The maximum absolute atomic E-state index is 11.0. The van der Waals surface area contributed by atoms with Crippen LogP contribution in [0.25, 0.3) is 0 Å². The smallest absolute Gasteiger partial charge is 0.248 e. The first kappa shape index (κ1) is 13.1. The monoisotopic (exact) mass is 246 g/mol. The lowest BCUT2D eigenvalue weighted by atomic mass is 10.1. The molecule has 1 aromatic carbocycles. The molecule has 0 heterocycles. The topological polar surface area (TPSA) is 55.1 Å². The Morgan fingerprint density at radius 1 is 1.39 bits per heavy atom. The lowest BCUT2D eigenvalue weighted by Gasteiger charge is -2.16. The molecule has 0 spiro atoms. The van der Waals surface area contributed by atoms with Crippen molar-refractivity contribution in [1.82, 2.24) is 5.32 Å². The van der Waals surface area contributed by atoms with Gasteiger partial charge < -0.3 is 11.1 Å². The lowest BCUT2D eigenvalue weighted by molar-refractivity contribution is 0.100. The summed E-state index contributed by atoms with van der Waals surface area (Å²) >= 11 is 0. The van der Waals surface area contributed by atoms with Crippen molar-refractivity contribution in [3.63, 3.8) is 0 Å². The molecule has 2 rings (SSSR count). The van der Waals surface area contributed by atoms with Gasteiger partial charge >= 0.3 is 0 Å². The Labute approximate surface area is 109 Å². The first-order valence-corrected chi connectivity index (χ1v) is 6.81. The molecule has 1 aliphatic rings. The number of nitrogens with one attached hydrogen (secondary N) is 1. The Hall–Kier alpha value is -1.35. The van der Waals surface area contributed by atoms with Crippen LogP contribution in [0.3, 0.4) is 0 Å². The third kappa shape index (κ3) is 3.84. The Bertz CT molecular complexity index is 395. The van der Waals surface area contributed by atoms with Crippen LogP contribution >= 0.6 is 0 Å². The van der Waals surface area contributed by atoms with Crippen LogP contribution in [0.15, 0.2) is 24.3 Å². The van der Waals surface area contributed by atoms with Crippen LogP contribution in [-0.2, 0) is 6.54 Å². The molecule has 3 N–H and O–H groups in total. The fourth-order valence-corrected chi connectivity index (χ4v) is 2.20. The van der Waals surface area contributed by atoms with E-state index < -0.39 is 0 Å². The lowest BCUT2D eigenvalue weighted by Crippen LogP contribution is -2.28. The van der Waals surface area contributed by atoms with E-state index in [4.69, 9.17) is 5.73 Å². The number of benzene rings is 1. The second kappa shape index (κ2) is 6.01. The molecule has 0 saturated heterocycles. The van der Waals surface area contributed by atoms with E-state index in [1.165, 1.54) is 31.2 Å². The van der Waals surface area contributed by atoms with E-state index in [9.17, 15) is 4.79 Å². The summed E-state index contributed by atoms with van der Waals surface area (Å²) in [6, 6.07) is 8.14. The Balaban J connectivity index is 1.82. The summed E-state index contributed by atoms with van der Waals surface area (Å²) in [4.78, 5) is 11.0. The van der Waals surface area contributed by atoms with Gasteiger partial charge in [0.05, 0.1) is 0 Å². The molecule has 1 fully saturated rings. The fraction of sp³-hybridized carbons (Fsp3) is 0.533. The van der Waals surface area contributed by atoms with Crippen LogP contribution in [0, 0.1) is 5.92 Å². The molecule has 98 valence electrons. The SMILES string of the molecule is CCC(CC1CC1)NCc1ccc(C(N)=O)cc1. The summed E-state index contributed by atoms with van der Waals surface area (Å²) in [5, 5.41) is 3.59. The highest BCUT2D eigenvalue weighted by Crippen LogP contribution is 2.34. The number of carbonyl (C=O) groups excluding carboxylic acids is 1. The van der Waals surface area contributed by atoms with Gasteiger partial charge in [0.1, 0.15) is 0 Å². The molecule has 0 bridgehead atoms. The highest BCUT2D eigenvalue weighted by Gasteiger charge is 2.24. The van der Waals surface area contributed by atoms with Gasteiger partial charge in [-0.3, -0.25) is 4.79 Å². The number of primary amides is 1. The predicted octanol–water partition coefficient (Wildman–Crippen LogP) is 2.45. The third-order valence-electron chi connectivity index (χ3n) is 3.64. The number of amides is 1. The summed E-state index contributed by atoms with van der Waals surface area (Å²) in [5.41, 5.74) is 6.99. The molecule has 1 amide bonds. The minimum Gasteiger partial charge on any atom is -0.366 e. The molecule has 18 heavy (non-hydrogen) atoms. The third-order valence-corrected chi connectivity index (χ3v) is 3.64. The van der Waals surface area contributed by atoms with Crippen molar-refractivity contribution >= 4 is 5.91 Å². The maximum Gasteiger partial charge on any atom is 0.248 e. The molecule has 0 radical (unpaired) electrons.